The Labute approximate surface area is 149 Å². The summed E-state index contributed by atoms with van der Waals surface area (Å²) in [6, 6.07) is 25.8. The molecule has 2 nitrogen and oxygen atoms in total. The van der Waals surface area contributed by atoms with Gasteiger partial charge in [0.05, 0.1) is 3.79 Å². The molecule has 0 unspecified atom stereocenters. The molecule has 0 bridgehead atoms. The number of rotatable bonds is 3. The zero-order chi connectivity index (χ0) is 15.6. The lowest BCUT2D eigenvalue weighted by atomic mass is 10.2. The van der Waals surface area contributed by atoms with Crippen LogP contribution in [-0.2, 0) is 0 Å². The molecule has 1 aliphatic heterocycles. The SMILES string of the molecule is Brc1ccc(C2N(c3ccccc3)CCN2c2ccccc2)s1. The smallest absolute Gasteiger partial charge is 0.138 e. The molecule has 0 aliphatic carbocycles. The summed E-state index contributed by atoms with van der Waals surface area (Å²) >= 11 is 5.43. The van der Waals surface area contributed by atoms with Crippen molar-refractivity contribution in [2.45, 2.75) is 6.17 Å². The number of anilines is 2. The Morgan fingerprint density at radius 2 is 1.26 bits per heavy atom. The zero-order valence-electron chi connectivity index (χ0n) is 12.6. The number of hydrogen-bond donors (Lipinski definition) is 0. The number of hydrogen-bond acceptors (Lipinski definition) is 3. The lowest BCUT2D eigenvalue weighted by Crippen LogP contribution is -2.30. The Balaban J connectivity index is 1.76. The van der Waals surface area contributed by atoms with Crippen LogP contribution in [0.5, 0.6) is 0 Å². The van der Waals surface area contributed by atoms with Crippen LogP contribution in [0.1, 0.15) is 11.0 Å². The molecule has 1 aliphatic rings. The average Bonchev–Trinajstić information content (AvgIpc) is 3.22. The molecular formula is C19H17BrN2S. The highest BCUT2D eigenvalue weighted by atomic mass is 79.9. The van der Waals surface area contributed by atoms with Crippen LogP contribution in [0.15, 0.2) is 76.6 Å². The second-order valence-corrected chi connectivity index (χ2v) is 8.07. The molecule has 1 aromatic heterocycles. The molecular weight excluding hydrogens is 368 g/mol. The third kappa shape index (κ3) is 2.89. The van der Waals surface area contributed by atoms with Gasteiger partial charge in [0.15, 0.2) is 0 Å². The second kappa shape index (κ2) is 6.38. The summed E-state index contributed by atoms with van der Waals surface area (Å²) in [6.07, 6.45) is 0.246. The van der Waals surface area contributed by atoms with E-state index in [1.165, 1.54) is 20.0 Å². The van der Waals surface area contributed by atoms with Crippen LogP contribution in [0.3, 0.4) is 0 Å². The molecule has 23 heavy (non-hydrogen) atoms. The predicted molar refractivity (Wildman–Crippen MR) is 102 cm³/mol. The van der Waals surface area contributed by atoms with Gasteiger partial charge in [-0.2, -0.15) is 0 Å². The Bertz CT molecular complexity index is 725. The van der Waals surface area contributed by atoms with Crippen molar-refractivity contribution < 1.29 is 0 Å². The van der Waals surface area contributed by atoms with Crippen molar-refractivity contribution in [2.24, 2.45) is 0 Å². The van der Waals surface area contributed by atoms with E-state index in [1.807, 2.05) is 11.3 Å². The maximum Gasteiger partial charge on any atom is 0.138 e. The molecule has 0 spiro atoms. The third-order valence-electron chi connectivity index (χ3n) is 4.20. The van der Waals surface area contributed by atoms with Gasteiger partial charge < -0.3 is 9.80 Å². The fourth-order valence-electron chi connectivity index (χ4n) is 3.18. The van der Waals surface area contributed by atoms with E-state index < -0.39 is 0 Å². The highest BCUT2D eigenvalue weighted by Crippen LogP contribution is 2.40. The van der Waals surface area contributed by atoms with Gasteiger partial charge in [-0.1, -0.05) is 36.4 Å². The van der Waals surface area contributed by atoms with Gasteiger partial charge in [0.25, 0.3) is 0 Å². The summed E-state index contributed by atoms with van der Waals surface area (Å²) in [5.74, 6) is 0. The van der Waals surface area contributed by atoms with Crippen LogP contribution in [0.25, 0.3) is 0 Å². The lowest BCUT2D eigenvalue weighted by molar-refractivity contribution is 0.731. The Kier molecular flexibility index (Phi) is 4.10. The van der Waals surface area contributed by atoms with Crippen molar-refractivity contribution in [3.05, 3.63) is 81.5 Å². The lowest BCUT2D eigenvalue weighted by Gasteiger charge is -2.32. The molecule has 0 atom stereocenters. The minimum atomic E-state index is 0.246. The first-order valence-corrected chi connectivity index (χ1v) is 9.32. The largest absolute Gasteiger partial charge is 0.345 e. The van der Waals surface area contributed by atoms with E-state index in [2.05, 4.69) is 98.5 Å². The molecule has 0 amide bonds. The fraction of sp³-hybridized carbons (Fsp3) is 0.158. The molecule has 0 radical (unpaired) electrons. The van der Waals surface area contributed by atoms with Crippen molar-refractivity contribution in [3.8, 4) is 0 Å². The molecule has 4 heteroatoms. The van der Waals surface area contributed by atoms with E-state index in [0.29, 0.717) is 0 Å². The molecule has 4 rings (SSSR count). The van der Waals surface area contributed by atoms with E-state index >= 15 is 0 Å². The van der Waals surface area contributed by atoms with Crippen molar-refractivity contribution in [2.75, 3.05) is 22.9 Å². The first kappa shape index (κ1) is 14.8. The number of thiophene rings is 1. The van der Waals surface area contributed by atoms with Crippen LogP contribution < -0.4 is 9.80 Å². The monoisotopic (exact) mass is 384 g/mol. The topological polar surface area (TPSA) is 6.48 Å². The average molecular weight is 385 g/mol. The van der Waals surface area contributed by atoms with Crippen LogP contribution in [0.2, 0.25) is 0 Å². The van der Waals surface area contributed by atoms with Crippen LogP contribution in [-0.4, -0.2) is 13.1 Å². The van der Waals surface area contributed by atoms with Gasteiger partial charge >= 0.3 is 0 Å². The fourth-order valence-corrected chi connectivity index (χ4v) is 4.73. The van der Waals surface area contributed by atoms with Crippen molar-refractivity contribution >= 4 is 38.6 Å². The summed E-state index contributed by atoms with van der Waals surface area (Å²) in [5.41, 5.74) is 2.56. The van der Waals surface area contributed by atoms with Gasteiger partial charge in [-0.05, 0) is 52.3 Å². The maximum atomic E-state index is 3.61. The molecule has 0 N–H and O–H groups in total. The molecule has 0 saturated carbocycles. The minimum absolute atomic E-state index is 0.246. The Morgan fingerprint density at radius 3 is 1.70 bits per heavy atom. The van der Waals surface area contributed by atoms with E-state index in [0.717, 1.165) is 13.1 Å². The number of benzene rings is 2. The van der Waals surface area contributed by atoms with E-state index in [1.54, 1.807) is 0 Å². The molecule has 2 heterocycles. The molecule has 3 aromatic rings. The summed E-state index contributed by atoms with van der Waals surface area (Å²) in [6.45, 7) is 2.05. The molecule has 1 saturated heterocycles. The third-order valence-corrected chi connectivity index (χ3v) is 5.86. The Morgan fingerprint density at radius 1 is 0.739 bits per heavy atom. The molecule has 1 fully saturated rings. The first-order chi connectivity index (χ1) is 11.3. The summed E-state index contributed by atoms with van der Waals surface area (Å²) in [5, 5.41) is 0. The maximum absolute atomic E-state index is 3.61. The van der Waals surface area contributed by atoms with Gasteiger partial charge in [-0.25, -0.2) is 0 Å². The van der Waals surface area contributed by atoms with Gasteiger partial charge in [0.2, 0.25) is 0 Å². The minimum Gasteiger partial charge on any atom is -0.345 e. The highest BCUT2D eigenvalue weighted by molar-refractivity contribution is 9.11. The summed E-state index contributed by atoms with van der Waals surface area (Å²) in [4.78, 5) is 6.35. The van der Waals surface area contributed by atoms with Crippen molar-refractivity contribution in [1.82, 2.24) is 0 Å². The van der Waals surface area contributed by atoms with Gasteiger partial charge in [-0.15, -0.1) is 11.3 Å². The van der Waals surface area contributed by atoms with Crippen molar-refractivity contribution in [3.63, 3.8) is 0 Å². The number of halogens is 1. The van der Waals surface area contributed by atoms with Crippen LogP contribution in [0.4, 0.5) is 11.4 Å². The van der Waals surface area contributed by atoms with Crippen LogP contribution in [0, 0.1) is 0 Å². The van der Waals surface area contributed by atoms with E-state index in [9.17, 15) is 0 Å². The zero-order valence-corrected chi connectivity index (χ0v) is 15.0. The quantitative estimate of drug-likeness (QED) is 0.585. The summed E-state index contributed by atoms with van der Waals surface area (Å²) in [7, 11) is 0. The highest BCUT2D eigenvalue weighted by Gasteiger charge is 2.34. The van der Waals surface area contributed by atoms with Crippen molar-refractivity contribution in [1.29, 1.82) is 0 Å². The van der Waals surface area contributed by atoms with Crippen LogP contribution >= 0.6 is 27.3 Å². The number of para-hydroxylation sites is 2. The van der Waals surface area contributed by atoms with E-state index in [4.69, 9.17) is 0 Å². The standard InChI is InChI=1S/C19H17BrN2S/c20-18-12-11-17(23-18)19-21(15-7-3-1-4-8-15)13-14-22(19)16-9-5-2-6-10-16/h1-12,19H,13-14H2. The molecule has 116 valence electrons. The van der Waals surface area contributed by atoms with E-state index in [-0.39, 0.29) is 6.17 Å². The second-order valence-electron chi connectivity index (χ2n) is 5.57. The summed E-state index contributed by atoms with van der Waals surface area (Å²) < 4.78 is 1.18. The normalized spacial score (nSPS) is 15.3. The first-order valence-electron chi connectivity index (χ1n) is 7.71. The van der Waals surface area contributed by atoms with Gasteiger partial charge in [0.1, 0.15) is 6.17 Å². The van der Waals surface area contributed by atoms with Gasteiger partial charge in [-0.3, -0.25) is 0 Å². The van der Waals surface area contributed by atoms with Gasteiger partial charge in [0, 0.05) is 29.3 Å². The predicted octanol–water partition coefficient (Wildman–Crippen LogP) is 5.54. The molecule has 2 aromatic carbocycles. The number of nitrogens with zero attached hydrogens (tertiary/aromatic N) is 2. The Hall–Kier alpha value is -1.78.